The van der Waals surface area contributed by atoms with Crippen molar-refractivity contribution in [3.63, 3.8) is 0 Å². The summed E-state index contributed by atoms with van der Waals surface area (Å²) in [6.45, 7) is 0. The summed E-state index contributed by atoms with van der Waals surface area (Å²) in [7, 11) is 0. The van der Waals surface area contributed by atoms with E-state index in [1.165, 1.54) is 0 Å². The predicted octanol–water partition coefficient (Wildman–Crippen LogP) is 0.244. The van der Waals surface area contributed by atoms with Crippen LogP contribution in [0.5, 0.6) is 0 Å². The van der Waals surface area contributed by atoms with E-state index in [9.17, 15) is 4.79 Å². The van der Waals surface area contributed by atoms with Crippen molar-refractivity contribution in [3.8, 4) is 0 Å². The lowest BCUT2D eigenvalue weighted by Crippen LogP contribution is -2.19. The van der Waals surface area contributed by atoms with Gasteiger partial charge in [0.2, 0.25) is 5.91 Å². The number of carbonyl (C=O) groups excluding carboxylic acids is 1. The molecule has 3 rings (SSSR count). The molecule has 0 spiro atoms. The summed E-state index contributed by atoms with van der Waals surface area (Å²) >= 11 is 0. The first-order valence-electron chi connectivity index (χ1n) is 4.88. The molecule has 15 heavy (non-hydrogen) atoms. The summed E-state index contributed by atoms with van der Waals surface area (Å²) < 4.78 is 1.79. The van der Waals surface area contributed by atoms with Crippen LogP contribution in [0.15, 0.2) is 18.5 Å². The third kappa shape index (κ3) is 1.06. The lowest BCUT2D eigenvalue weighted by atomic mass is 10.0. The maximum atomic E-state index is 11.2. The second-order valence-electron chi connectivity index (χ2n) is 3.76. The molecular formula is C10H10N4O. The number of primary amides is 1. The molecule has 1 aliphatic carbocycles. The molecule has 1 aliphatic rings. The van der Waals surface area contributed by atoms with Crippen LogP contribution < -0.4 is 5.73 Å². The Morgan fingerprint density at radius 2 is 2.47 bits per heavy atom. The average molecular weight is 202 g/mol. The third-order valence-corrected chi connectivity index (χ3v) is 2.94. The molecule has 0 aliphatic heterocycles. The van der Waals surface area contributed by atoms with E-state index in [1.807, 2.05) is 6.07 Å². The molecule has 0 bridgehead atoms. The molecule has 0 aromatic carbocycles. The number of fused-ring (bicyclic) bond motifs is 3. The number of aryl methyl sites for hydroxylation is 1. The van der Waals surface area contributed by atoms with E-state index in [1.54, 1.807) is 16.9 Å². The summed E-state index contributed by atoms with van der Waals surface area (Å²) in [6.07, 6.45) is 5.06. The van der Waals surface area contributed by atoms with Crippen molar-refractivity contribution in [2.75, 3.05) is 0 Å². The molecule has 2 N–H and O–H groups in total. The average Bonchev–Trinajstić information content (AvgIpc) is 2.82. The van der Waals surface area contributed by atoms with Gasteiger partial charge in [0, 0.05) is 23.5 Å². The fourth-order valence-electron chi connectivity index (χ4n) is 2.21. The Hall–Kier alpha value is -1.91. The molecule has 5 nitrogen and oxygen atoms in total. The molecule has 0 radical (unpaired) electrons. The maximum Gasteiger partial charge on any atom is 0.225 e. The summed E-state index contributed by atoms with van der Waals surface area (Å²) in [5, 5.41) is 4.19. The molecule has 1 amide bonds. The van der Waals surface area contributed by atoms with E-state index >= 15 is 0 Å². The highest BCUT2D eigenvalue weighted by molar-refractivity contribution is 5.83. The summed E-state index contributed by atoms with van der Waals surface area (Å²) in [4.78, 5) is 15.4. The number of carbonyl (C=O) groups is 1. The van der Waals surface area contributed by atoms with Crippen LogP contribution in [0, 0.1) is 0 Å². The molecule has 0 saturated heterocycles. The Kier molecular flexibility index (Phi) is 1.56. The molecule has 2 heterocycles. The number of nitrogens with zero attached hydrogens (tertiary/aromatic N) is 3. The first kappa shape index (κ1) is 8.40. The van der Waals surface area contributed by atoms with Crippen molar-refractivity contribution in [1.29, 1.82) is 0 Å². The highest BCUT2D eigenvalue weighted by Crippen LogP contribution is 2.32. The van der Waals surface area contributed by atoms with Gasteiger partial charge in [0.1, 0.15) is 0 Å². The zero-order valence-electron chi connectivity index (χ0n) is 8.05. The largest absolute Gasteiger partial charge is 0.369 e. The van der Waals surface area contributed by atoms with E-state index in [4.69, 9.17) is 5.73 Å². The number of aromatic nitrogens is 3. The van der Waals surface area contributed by atoms with E-state index in [-0.39, 0.29) is 11.8 Å². The van der Waals surface area contributed by atoms with Crippen LogP contribution in [-0.2, 0) is 11.2 Å². The van der Waals surface area contributed by atoms with Crippen molar-refractivity contribution in [2.45, 2.75) is 18.8 Å². The van der Waals surface area contributed by atoms with Gasteiger partial charge in [-0.3, -0.25) is 4.79 Å². The summed E-state index contributed by atoms with van der Waals surface area (Å²) in [5.41, 5.74) is 8.15. The quantitative estimate of drug-likeness (QED) is 0.720. The van der Waals surface area contributed by atoms with Gasteiger partial charge in [-0.15, -0.1) is 0 Å². The molecular weight excluding hydrogens is 192 g/mol. The predicted molar refractivity (Wildman–Crippen MR) is 53.2 cm³/mol. The Bertz CT molecular complexity index is 545. The Balaban J connectivity index is 2.26. The molecule has 1 unspecified atom stereocenters. The van der Waals surface area contributed by atoms with E-state index in [0.29, 0.717) is 0 Å². The van der Waals surface area contributed by atoms with Crippen molar-refractivity contribution >= 4 is 11.6 Å². The SMILES string of the molecule is NC(=O)C1CCc2c1cnc1ccnn21. The number of hydrogen-bond acceptors (Lipinski definition) is 3. The number of amides is 1. The van der Waals surface area contributed by atoms with E-state index in [2.05, 4.69) is 10.1 Å². The van der Waals surface area contributed by atoms with Gasteiger partial charge < -0.3 is 5.73 Å². The van der Waals surface area contributed by atoms with Crippen LogP contribution in [0.25, 0.3) is 5.65 Å². The van der Waals surface area contributed by atoms with Gasteiger partial charge in [0.25, 0.3) is 0 Å². The van der Waals surface area contributed by atoms with Crippen LogP contribution in [0.2, 0.25) is 0 Å². The zero-order chi connectivity index (χ0) is 10.4. The smallest absolute Gasteiger partial charge is 0.225 e. The van der Waals surface area contributed by atoms with Crippen LogP contribution in [0.3, 0.4) is 0 Å². The minimum Gasteiger partial charge on any atom is -0.369 e. The molecule has 76 valence electrons. The highest BCUT2D eigenvalue weighted by atomic mass is 16.1. The molecule has 2 aromatic heterocycles. The van der Waals surface area contributed by atoms with Crippen LogP contribution in [0.4, 0.5) is 0 Å². The van der Waals surface area contributed by atoms with E-state index in [0.717, 1.165) is 29.7 Å². The van der Waals surface area contributed by atoms with Gasteiger partial charge in [-0.25, -0.2) is 9.50 Å². The molecule has 2 aromatic rings. The lowest BCUT2D eigenvalue weighted by molar-refractivity contribution is -0.119. The standard InChI is InChI=1S/C10H10N4O/c11-10(15)6-1-2-8-7(6)5-12-9-3-4-13-14(8)9/h3-6H,1-2H2,(H2,11,15). The van der Waals surface area contributed by atoms with Gasteiger partial charge in [0.15, 0.2) is 5.65 Å². The number of hydrogen-bond donors (Lipinski definition) is 1. The minimum absolute atomic E-state index is 0.193. The van der Waals surface area contributed by atoms with E-state index < -0.39 is 0 Å². The molecule has 0 fully saturated rings. The second-order valence-corrected chi connectivity index (χ2v) is 3.76. The third-order valence-electron chi connectivity index (χ3n) is 2.94. The maximum absolute atomic E-state index is 11.2. The fraction of sp³-hybridized carbons (Fsp3) is 0.300. The van der Waals surface area contributed by atoms with Crippen LogP contribution >= 0.6 is 0 Å². The Labute approximate surface area is 85.9 Å². The van der Waals surface area contributed by atoms with Crippen molar-refractivity contribution in [3.05, 3.63) is 29.7 Å². The molecule has 1 atom stereocenters. The monoisotopic (exact) mass is 202 g/mol. The Morgan fingerprint density at radius 1 is 1.60 bits per heavy atom. The number of rotatable bonds is 1. The topological polar surface area (TPSA) is 73.3 Å². The number of nitrogens with two attached hydrogens (primary N) is 1. The second kappa shape index (κ2) is 2.79. The minimum atomic E-state index is -0.276. The van der Waals surface area contributed by atoms with Crippen molar-refractivity contribution in [1.82, 2.24) is 14.6 Å². The first-order chi connectivity index (χ1) is 7.27. The van der Waals surface area contributed by atoms with Gasteiger partial charge in [-0.2, -0.15) is 5.10 Å². The van der Waals surface area contributed by atoms with Crippen LogP contribution in [-0.4, -0.2) is 20.5 Å². The van der Waals surface area contributed by atoms with Gasteiger partial charge in [0.05, 0.1) is 12.1 Å². The molecule has 0 saturated carbocycles. The summed E-state index contributed by atoms with van der Waals surface area (Å²) in [5.74, 6) is -0.469. The van der Waals surface area contributed by atoms with Crippen molar-refractivity contribution < 1.29 is 4.79 Å². The van der Waals surface area contributed by atoms with Gasteiger partial charge in [-0.05, 0) is 12.8 Å². The fourth-order valence-corrected chi connectivity index (χ4v) is 2.21. The highest BCUT2D eigenvalue weighted by Gasteiger charge is 2.29. The lowest BCUT2D eigenvalue weighted by Gasteiger charge is -2.06. The Morgan fingerprint density at radius 3 is 3.27 bits per heavy atom. The first-order valence-corrected chi connectivity index (χ1v) is 4.88. The zero-order valence-corrected chi connectivity index (χ0v) is 8.05. The summed E-state index contributed by atoms with van der Waals surface area (Å²) in [6, 6.07) is 1.85. The van der Waals surface area contributed by atoms with Crippen LogP contribution in [0.1, 0.15) is 23.6 Å². The van der Waals surface area contributed by atoms with Gasteiger partial charge in [-0.1, -0.05) is 0 Å². The molecule has 5 heteroatoms. The van der Waals surface area contributed by atoms with Crippen molar-refractivity contribution in [2.24, 2.45) is 5.73 Å². The normalized spacial score (nSPS) is 19.3. The van der Waals surface area contributed by atoms with Gasteiger partial charge >= 0.3 is 0 Å².